The number of carbonyl (C=O) groups excluding carboxylic acids is 1. The maximum absolute atomic E-state index is 13.5. The molecule has 1 fully saturated rings. The Kier molecular flexibility index (Phi) is 7.20. The molecule has 2 aliphatic rings. The van der Waals surface area contributed by atoms with Crippen molar-refractivity contribution in [1.82, 2.24) is 14.6 Å². The molecular formula is C27H28ClN3O5S. The molecule has 194 valence electrons. The van der Waals surface area contributed by atoms with Crippen LogP contribution in [0.2, 0.25) is 5.02 Å². The molecule has 1 aliphatic heterocycles. The smallest absolute Gasteiger partial charge is 0.336 e. The Bertz CT molecular complexity index is 1480. The Morgan fingerprint density at radius 1 is 1.08 bits per heavy atom. The number of piperidine rings is 1. The number of pyridine rings is 1. The third kappa shape index (κ3) is 5.08. The van der Waals surface area contributed by atoms with Gasteiger partial charge in [-0.25, -0.2) is 13.2 Å². The Morgan fingerprint density at radius 3 is 2.54 bits per heavy atom. The molecule has 0 radical (unpaired) electrons. The molecule has 0 atom stereocenters. The molecule has 1 aliphatic carbocycles. The van der Waals surface area contributed by atoms with Gasteiger partial charge in [0.1, 0.15) is 0 Å². The standard InChI is InChI=1S/C27H28ClN3O5S/c28-22-7-3-1-5-18(22)16-29-26(32)17-11-13-31(14-12-17)37(35,36)19-9-10-24-21(15-19)25(27(33)34)20-6-2-4-8-23(20)30-24/h1,3,5,7,9-10,15,17H,2,4,6,8,11-14,16H2,(H,29,32)(H,33,34). The largest absolute Gasteiger partial charge is 0.478 e. The monoisotopic (exact) mass is 541 g/mol. The molecule has 0 saturated carbocycles. The van der Waals surface area contributed by atoms with E-state index in [0.29, 0.717) is 47.3 Å². The minimum Gasteiger partial charge on any atom is -0.478 e. The van der Waals surface area contributed by atoms with E-state index in [1.54, 1.807) is 12.1 Å². The number of carboxylic acids is 1. The lowest BCUT2D eigenvalue weighted by molar-refractivity contribution is -0.126. The van der Waals surface area contributed by atoms with Crippen molar-refractivity contribution >= 4 is 44.4 Å². The molecule has 10 heteroatoms. The van der Waals surface area contributed by atoms with Crippen molar-refractivity contribution in [3.63, 3.8) is 0 Å². The van der Waals surface area contributed by atoms with E-state index < -0.39 is 16.0 Å². The highest BCUT2D eigenvalue weighted by atomic mass is 35.5. The Morgan fingerprint density at radius 2 is 1.81 bits per heavy atom. The molecule has 0 bridgehead atoms. The molecule has 1 amide bonds. The lowest BCUT2D eigenvalue weighted by atomic mass is 9.90. The van der Waals surface area contributed by atoms with E-state index in [9.17, 15) is 23.1 Å². The van der Waals surface area contributed by atoms with Gasteiger partial charge in [-0.2, -0.15) is 4.31 Å². The second kappa shape index (κ2) is 10.4. The molecule has 5 rings (SSSR count). The highest BCUT2D eigenvalue weighted by Gasteiger charge is 2.33. The van der Waals surface area contributed by atoms with Gasteiger partial charge >= 0.3 is 5.97 Å². The molecule has 37 heavy (non-hydrogen) atoms. The van der Waals surface area contributed by atoms with Gasteiger partial charge in [-0.05, 0) is 73.9 Å². The highest BCUT2D eigenvalue weighted by Crippen LogP contribution is 2.32. The van der Waals surface area contributed by atoms with Crippen LogP contribution in [0, 0.1) is 5.92 Å². The van der Waals surface area contributed by atoms with Gasteiger partial charge in [0, 0.05) is 41.7 Å². The lowest BCUT2D eigenvalue weighted by Gasteiger charge is -2.30. The van der Waals surface area contributed by atoms with E-state index in [4.69, 9.17) is 11.6 Å². The van der Waals surface area contributed by atoms with Gasteiger partial charge in [0.05, 0.1) is 16.0 Å². The number of carbonyl (C=O) groups is 2. The fraction of sp³-hybridized carbons (Fsp3) is 0.370. The van der Waals surface area contributed by atoms with E-state index in [2.05, 4.69) is 10.3 Å². The summed E-state index contributed by atoms with van der Waals surface area (Å²) < 4.78 is 28.3. The van der Waals surface area contributed by atoms with Gasteiger partial charge in [-0.15, -0.1) is 0 Å². The number of aryl methyl sites for hydroxylation is 1. The van der Waals surface area contributed by atoms with Crippen LogP contribution < -0.4 is 5.32 Å². The second-order valence-electron chi connectivity index (χ2n) is 9.59. The van der Waals surface area contributed by atoms with Crippen molar-refractivity contribution < 1.29 is 23.1 Å². The van der Waals surface area contributed by atoms with Gasteiger partial charge in [-0.1, -0.05) is 29.8 Å². The van der Waals surface area contributed by atoms with Crippen molar-refractivity contribution in [3.8, 4) is 0 Å². The number of benzene rings is 2. The number of nitrogens with one attached hydrogen (secondary N) is 1. The van der Waals surface area contributed by atoms with Crippen molar-refractivity contribution in [3.05, 3.63) is 69.9 Å². The van der Waals surface area contributed by atoms with E-state index in [1.807, 2.05) is 18.2 Å². The molecule has 1 aromatic heterocycles. The van der Waals surface area contributed by atoms with Crippen LogP contribution in [0.3, 0.4) is 0 Å². The van der Waals surface area contributed by atoms with Gasteiger partial charge in [0.25, 0.3) is 0 Å². The molecule has 2 aromatic carbocycles. The molecule has 0 unspecified atom stereocenters. The first kappa shape index (κ1) is 25.6. The number of nitrogens with zero attached hydrogens (tertiary/aromatic N) is 2. The molecule has 0 spiro atoms. The summed E-state index contributed by atoms with van der Waals surface area (Å²) >= 11 is 6.16. The van der Waals surface area contributed by atoms with Gasteiger partial charge in [0.15, 0.2) is 0 Å². The fourth-order valence-corrected chi connectivity index (χ4v) is 6.98. The number of carboxylic acid groups (broad SMARTS) is 1. The molecular weight excluding hydrogens is 514 g/mol. The summed E-state index contributed by atoms with van der Waals surface area (Å²) in [5.74, 6) is -1.48. The van der Waals surface area contributed by atoms with Crippen LogP contribution in [0.5, 0.6) is 0 Å². The predicted octanol–water partition coefficient (Wildman–Crippen LogP) is 4.18. The lowest BCUT2D eigenvalue weighted by Crippen LogP contribution is -2.42. The number of aromatic carboxylic acids is 1. The third-order valence-corrected chi connectivity index (χ3v) is 9.58. The predicted molar refractivity (Wildman–Crippen MR) is 140 cm³/mol. The van der Waals surface area contributed by atoms with Crippen molar-refractivity contribution in [2.75, 3.05) is 13.1 Å². The Balaban J connectivity index is 1.32. The molecule has 3 aromatic rings. The summed E-state index contributed by atoms with van der Waals surface area (Å²) in [4.78, 5) is 29.6. The number of hydrogen-bond donors (Lipinski definition) is 2. The van der Waals surface area contributed by atoms with Crippen molar-refractivity contribution in [2.45, 2.75) is 50.0 Å². The van der Waals surface area contributed by atoms with Gasteiger partial charge in [0.2, 0.25) is 15.9 Å². The van der Waals surface area contributed by atoms with Crippen LogP contribution in [0.25, 0.3) is 10.9 Å². The fourth-order valence-electron chi connectivity index (χ4n) is 5.28. The molecule has 2 heterocycles. The molecule has 1 saturated heterocycles. The SMILES string of the molecule is O=C(O)c1c2c(nc3ccc(S(=O)(=O)N4CCC(C(=O)NCc5ccccc5Cl)CC4)cc13)CCCC2. The van der Waals surface area contributed by atoms with E-state index in [0.717, 1.165) is 30.5 Å². The molecule has 8 nitrogen and oxygen atoms in total. The summed E-state index contributed by atoms with van der Waals surface area (Å²) in [5.41, 5.74) is 2.98. The summed E-state index contributed by atoms with van der Waals surface area (Å²) in [5, 5.41) is 13.8. The maximum Gasteiger partial charge on any atom is 0.336 e. The van der Waals surface area contributed by atoms with Crippen LogP contribution >= 0.6 is 11.6 Å². The topological polar surface area (TPSA) is 117 Å². The highest BCUT2D eigenvalue weighted by molar-refractivity contribution is 7.89. The number of amides is 1. The zero-order chi connectivity index (χ0) is 26.2. The number of rotatable bonds is 6. The van der Waals surface area contributed by atoms with Crippen LogP contribution in [0.4, 0.5) is 0 Å². The minimum atomic E-state index is -3.86. The first-order valence-electron chi connectivity index (χ1n) is 12.5. The number of hydrogen-bond acceptors (Lipinski definition) is 5. The Hall–Kier alpha value is -3.01. The van der Waals surface area contributed by atoms with E-state index in [1.165, 1.54) is 16.4 Å². The van der Waals surface area contributed by atoms with Crippen LogP contribution in [0.1, 0.15) is 52.9 Å². The zero-order valence-corrected chi connectivity index (χ0v) is 21.8. The second-order valence-corrected chi connectivity index (χ2v) is 11.9. The van der Waals surface area contributed by atoms with Gasteiger partial charge < -0.3 is 10.4 Å². The number of halogens is 1. The number of aromatic nitrogens is 1. The first-order chi connectivity index (χ1) is 17.8. The van der Waals surface area contributed by atoms with Crippen molar-refractivity contribution in [1.29, 1.82) is 0 Å². The van der Waals surface area contributed by atoms with E-state index >= 15 is 0 Å². The summed E-state index contributed by atoms with van der Waals surface area (Å²) in [6.07, 6.45) is 4.01. The van der Waals surface area contributed by atoms with E-state index in [-0.39, 0.29) is 35.4 Å². The third-order valence-electron chi connectivity index (χ3n) is 7.32. The van der Waals surface area contributed by atoms with Crippen LogP contribution in [-0.4, -0.2) is 47.8 Å². The summed E-state index contributed by atoms with van der Waals surface area (Å²) in [6.45, 7) is 0.731. The van der Waals surface area contributed by atoms with Crippen molar-refractivity contribution in [2.24, 2.45) is 5.92 Å². The van der Waals surface area contributed by atoms with Crippen LogP contribution in [-0.2, 0) is 34.2 Å². The average Bonchev–Trinajstić information content (AvgIpc) is 2.90. The normalized spacial score (nSPS) is 16.9. The summed E-state index contributed by atoms with van der Waals surface area (Å²) in [6, 6.07) is 11.8. The zero-order valence-electron chi connectivity index (χ0n) is 20.2. The van der Waals surface area contributed by atoms with Gasteiger partial charge in [-0.3, -0.25) is 9.78 Å². The average molecular weight is 542 g/mol. The summed E-state index contributed by atoms with van der Waals surface area (Å²) in [7, 11) is -3.86. The molecule has 2 N–H and O–H groups in total. The maximum atomic E-state index is 13.5. The number of sulfonamides is 1. The minimum absolute atomic E-state index is 0.0432. The Labute approximate surface area is 220 Å². The quantitative estimate of drug-likeness (QED) is 0.483. The number of fused-ring (bicyclic) bond motifs is 2. The first-order valence-corrected chi connectivity index (χ1v) is 14.3. The van der Waals surface area contributed by atoms with Crippen LogP contribution in [0.15, 0.2) is 47.4 Å².